The van der Waals surface area contributed by atoms with E-state index in [9.17, 15) is 4.79 Å². The van der Waals surface area contributed by atoms with Crippen molar-refractivity contribution < 1.29 is 9.21 Å². The molecular weight excluding hydrogens is 330 g/mol. The smallest absolute Gasteiger partial charge is 0.267 e. The van der Waals surface area contributed by atoms with Crippen LogP contribution in [0.4, 0.5) is 0 Å². The van der Waals surface area contributed by atoms with Crippen molar-refractivity contribution in [2.24, 2.45) is 7.05 Å². The Labute approximate surface area is 152 Å². The second-order valence-corrected chi connectivity index (χ2v) is 6.72. The SMILES string of the molecule is Cn1cccc1C(=O)NCC[C@@H]1CN(Cc2ccco2)Cc2ccnn21. The molecule has 7 heteroatoms. The van der Waals surface area contributed by atoms with Gasteiger partial charge in [-0.2, -0.15) is 5.10 Å². The van der Waals surface area contributed by atoms with E-state index in [1.54, 1.807) is 6.26 Å². The monoisotopic (exact) mass is 353 g/mol. The minimum Gasteiger partial charge on any atom is -0.468 e. The molecule has 0 saturated carbocycles. The summed E-state index contributed by atoms with van der Waals surface area (Å²) in [6, 6.07) is 9.91. The van der Waals surface area contributed by atoms with Gasteiger partial charge in [-0.05, 0) is 36.8 Å². The molecule has 26 heavy (non-hydrogen) atoms. The summed E-state index contributed by atoms with van der Waals surface area (Å²) in [6.07, 6.45) is 6.26. The van der Waals surface area contributed by atoms with Gasteiger partial charge < -0.3 is 14.3 Å². The summed E-state index contributed by atoms with van der Waals surface area (Å²) in [5.74, 6) is 0.926. The van der Waals surface area contributed by atoms with Gasteiger partial charge in [0.25, 0.3) is 5.91 Å². The predicted molar refractivity (Wildman–Crippen MR) is 96.4 cm³/mol. The Balaban J connectivity index is 1.37. The van der Waals surface area contributed by atoms with Gasteiger partial charge in [0, 0.05) is 39.1 Å². The number of carbonyl (C=O) groups is 1. The molecule has 0 fully saturated rings. The highest BCUT2D eigenvalue weighted by atomic mass is 16.3. The van der Waals surface area contributed by atoms with Gasteiger partial charge in [0.15, 0.2) is 0 Å². The van der Waals surface area contributed by atoms with Crippen molar-refractivity contribution in [3.63, 3.8) is 0 Å². The first kappa shape index (κ1) is 16.7. The average molecular weight is 353 g/mol. The van der Waals surface area contributed by atoms with E-state index in [1.807, 2.05) is 48.3 Å². The molecule has 0 saturated heterocycles. The lowest BCUT2D eigenvalue weighted by Gasteiger charge is -2.33. The van der Waals surface area contributed by atoms with Crippen molar-refractivity contribution in [3.8, 4) is 0 Å². The molecule has 0 unspecified atom stereocenters. The maximum atomic E-state index is 12.3. The van der Waals surface area contributed by atoms with Crippen LogP contribution in [0.15, 0.2) is 53.4 Å². The van der Waals surface area contributed by atoms with E-state index in [0.29, 0.717) is 12.2 Å². The first-order valence-corrected chi connectivity index (χ1v) is 8.87. The molecule has 0 spiro atoms. The number of aryl methyl sites for hydroxylation is 1. The fraction of sp³-hybridized carbons (Fsp3) is 0.368. The molecule has 1 atom stereocenters. The summed E-state index contributed by atoms with van der Waals surface area (Å²) >= 11 is 0. The summed E-state index contributed by atoms with van der Waals surface area (Å²) < 4.78 is 9.40. The maximum Gasteiger partial charge on any atom is 0.267 e. The molecule has 1 aliphatic heterocycles. The number of nitrogens with one attached hydrogen (secondary N) is 1. The Morgan fingerprint density at radius 2 is 2.27 bits per heavy atom. The van der Waals surface area contributed by atoms with Crippen LogP contribution >= 0.6 is 0 Å². The van der Waals surface area contributed by atoms with Gasteiger partial charge in [0.2, 0.25) is 0 Å². The first-order valence-electron chi connectivity index (χ1n) is 8.87. The van der Waals surface area contributed by atoms with Gasteiger partial charge in [-0.3, -0.25) is 14.4 Å². The first-order chi connectivity index (χ1) is 12.7. The topological polar surface area (TPSA) is 68.2 Å². The van der Waals surface area contributed by atoms with Gasteiger partial charge in [-0.25, -0.2) is 0 Å². The fourth-order valence-corrected chi connectivity index (χ4v) is 3.56. The van der Waals surface area contributed by atoms with E-state index in [2.05, 4.69) is 26.1 Å². The number of aromatic nitrogens is 3. The summed E-state index contributed by atoms with van der Waals surface area (Å²) in [4.78, 5) is 14.6. The standard InChI is InChI=1S/C19H23N5O2/c1-22-10-2-5-18(22)19(25)20-8-6-15-12-23(14-17-4-3-11-26-17)13-16-7-9-21-24(15)16/h2-5,7,9-11,15H,6,8,12-14H2,1H3,(H,20,25)/t15-/m1/s1. The highest BCUT2D eigenvalue weighted by Crippen LogP contribution is 2.24. The average Bonchev–Trinajstić information content (AvgIpc) is 3.36. The van der Waals surface area contributed by atoms with Crippen molar-refractivity contribution in [3.05, 3.63) is 66.1 Å². The van der Waals surface area contributed by atoms with Crippen LogP contribution < -0.4 is 5.32 Å². The van der Waals surface area contributed by atoms with Gasteiger partial charge in [-0.1, -0.05) is 0 Å². The quantitative estimate of drug-likeness (QED) is 0.738. The highest BCUT2D eigenvalue weighted by molar-refractivity contribution is 5.92. The Morgan fingerprint density at radius 3 is 3.04 bits per heavy atom. The van der Waals surface area contributed by atoms with Crippen LogP contribution in [0.2, 0.25) is 0 Å². The van der Waals surface area contributed by atoms with Crippen LogP contribution in [0.1, 0.15) is 34.4 Å². The van der Waals surface area contributed by atoms with Crippen LogP contribution in [0, 0.1) is 0 Å². The van der Waals surface area contributed by atoms with Gasteiger partial charge in [0.1, 0.15) is 11.5 Å². The van der Waals surface area contributed by atoms with Crippen molar-refractivity contribution in [2.45, 2.75) is 25.6 Å². The molecule has 4 heterocycles. The molecular formula is C19H23N5O2. The Bertz CT molecular complexity index is 864. The minimum atomic E-state index is -0.0403. The number of nitrogens with zero attached hydrogens (tertiary/aromatic N) is 4. The van der Waals surface area contributed by atoms with Gasteiger partial charge in [-0.15, -0.1) is 0 Å². The zero-order chi connectivity index (χ0) is 17.9. The molecule has 1 amide bonds. The second-order valence-electron chi connectivity index (χ2n) is 6.72. The molecule has 1 aliphatic rings. The molecule has 0 bridgehead atoms. The van der Waals surface area contributed by atoms with Crippen LogP contribution in [0.3, 0.4) is 0 Å². The zero-order valence-electron chi connectivity index (χ0n) is 14.8. The zero-order valence-corrected chi connectivity index (χ0v) is 14.8. The third-order valence-corrected chi connectivity index (χ3v) is 4.85. The van der Waals surface area contributed by atoms with Crippen molar-refractivity contribution in [1.29, 1.82) is 0 Å². The molecule has 3 aromatic rings. The third kappa shape index (κ3) is 3.43. The number of rotatable bonds is 6. The van der Waals surface area contributed by atoms with E-state index in [1.165, 1.54) is 5.69 Å². The summed E-state index contributed by atoms with van der Waals surface area (Å²) in [5.41, 5.74) is 1.87. The van der Waals surface area contributed by atoms with Crippen LogP contribution in [-0.2, 0) is 20.1 Å². The normalized spacial score (nSPS) is 17.2. The Morgan fingerprint density at radius 1 is 1.35 bits per heavy atom. The van der Waals surface area contributed by atoms with Crippen molar-refractivity contribution >= 4 is 5.91 Å². The lowest BCUT2D eigenvalue weighted by molar-refractivity contribution is 0.0938. The largest absolute Gasteiger partial charge is 0.468 e. The van der Waals surface area contributed by atoms with Crippen LogP contribution in [0.5, 0.6) is 0 Å². The maximum absolute atomic E-state index is 12.3. The molecule has 0 radical (unpaired) electrons. The molecule has 0 aromatic carbocycles. The summed E-state index contributed by atoms with van der Waals surface area (Å²) in [6.45, 7) is 3.13. The molecule has 136 valence electrons. The third-order valence-electron chi connectivity index (χ3n) is 4.85. The van der Waals surface area contributed by atoms with E-state index in [-0.39, 0.29) is 11.9 Å². The molecule has 3 aromatic heterocycles. The lowest BCUT2D eigenvalue weighted by atomic mass is 10.1. The number of amides is 1. The minimum absolute atomic E-state index is 0.0403. The van der Waals surface area contributed by atoms with Gasteiger partial charge >= 0.3 is 0 Å². The van der Waals surface area contributed by atoms with E-state index < -0.39 is 0 Å². The number of fused-ring (bicyclic) bond motifs is 1. The Kier molecular flexibility index (Phi) is 4.62. The number of hydrogen-bond donors (Lipinski definition) is 1. The van der Waals surface area contributed by atoms with Crippen LogP contribution in [-0.4, -0.2) is 38.2 Å². The highest BCUT2D eigenvalue weighted by Gasteiger charge is 2.26. The number of furan rings is 1. The predicted octanol–water partition coefficient (Wildman–Crippen LogP) is 2.19. The van der Waals surface area contributed by atoms with Crippen LogP contribution in [0.25, 0.3) is 0 Å². The molecule has 1 N–H and O–H groups in total. The van der Waals surface area contributed by atoms with Crippen molar-refractivity contribution in [1.82, 2.24) is 24.6 Å². The molecule has 0 aliphatic carbocycles. The van der Waals surface area contributed by atoms with Gasteiger partial charge in [0.05, 0.1) is 24.5 Å². The van der Waals surface area contributed by atoms with E-state index in [4.69, 9.17) is 4.42 Å². The number of carbonyl (C=O) groups excluding carboxylic acids is 1. The lowest BCUT2D eigenvalue weighted by Crippen LogP contribution is -2.39. The van der Waals surface area contributed by atoms with E-state index >= 15 is 0 Å². The fourth-order valence-electron chi connectivity index (χ4n) is 3.56. The summed E-state index contributed by atoms with van der Waals surface area (Å²) in [7, 11) is 1.87. The Hall–Kier alpha value is -2.80. The molecule has 4 rings (SSSR count). The second kappa shape index (κ2) is 7.21. The number of hydrogen-bond acceptors (Lipinski definition) is 4. The van der Waals surface area contributed by atoms with Crippen molar-refractivity contribution in [2.75, 3.05) is 13.1 Å². The van der Waals surface area contributed by atoms with E-state index in [0.717, 1.165) is 31.8 Å². The molecule has 7 nitrogen and oxygen atoms in total. The summed E-state index contributed by atoms with van der Waals surface area (Å²) in [5, 5.41) is 7.50.